The molecule has 2 N–H and O–H groups in total. The van der Waals surface area contributed by atoms with Crippen LogP contribution in [-0.4, -0.2) is 17.7 Å². The third-order valence-corrected chi connectivity index (χ3v) is 4.24. The first kappa shape index (κ1) is 11.1. The van der Waals surface area contributed by atoms with Gasteiger partial charge in [0.05, 0.1) is 0 Å². The van der Waals surface area contributed by atoms with E-state index in [1.54, 1.807) is 11.3 Å². The predicted octanol–water partition coefficient (Wildman–Crippen LogP) is 2.62. The van der Waals surface area contributed by atoms with E-state index in [0.29, 0.717) is 0 Å². The Morgan fingerprint density at radius 3 is 3.07 bits per heavy atom. The smallest absolute Gasteiger partial charge is 0.104 e. The van der Waals surface area contributed by atoms with Gasteiger partial charge in [0.1, 0.15) is 6.10 Å². The van der Waals surface area contributed by atoms with Crippen LogP contribution < -0.4 is 5.32 Å². The molecular weight excluding hydrogens is 206 g/mol. The zero-order chi connectivity index (χ0) is 10.7. The van der Waals surface area contributed by atoms with Gasteiger partial charge in [-0.2, -0.15) is 0 Å². The fourth-order valence-electron chi connectivity index (χ4n) is 2.20. The summed E-state index contributed by atoms with van der Waals surface area (Å²) in [6.45, 7) is 3.12. The molecule has 0 aromatic carbocycles. The maximum atomic E-state index is 10.3. The van der Waals surface area contributed by atoms with Crippen LogP contribution in [0.4, 0.5) is 0 Å². The fraction of sp³-hybridized carbons (Fsp3) is 0.667. The molecule has 3 heteroatoms. The molecule has 2 unspecified atom stereocenters. The molecule has 2 heterocycles. The maximum absolute atomic E-state index is 10.3. The lowest BCUT2D eigenvalue weighted by molar-refractivity contribution is 0.129. The Morgan fingerprint density at radius 2 is 2.33 bits per heavy atom. The topological polar surface area (TPSA) is 32.3 Å². The second kappa shape index (κ2) is 5.10. The fourth-order valence-corrected chi connectivity index (χ4v) is 3.17. The zero-order valence-electron chi connectivity index (χ0n) is 9.20. The van der Waals surface area contributed by atoms with Crippen molar-refractivity contribution in [3.63, 3.8) is 0 Å². The third kappa shape index (κ3) is 2.60. The first-order chi connectivity index (χ1) is 7.29. The Labute approximate surface area is 95.3 Å². The van der Waals surface area contributed by atoms with Gasteiger partial charge in [0.15, 0.2) is 0 Å². The minimum Gasteiger partial charge on any atom is -0.386 e. The molecule has 1 aromatic rings. The van der Waals surface area contributed by atoms with Crippen molar-refractivity contribution >= 4 is 11.3 Å². The number of aliphatic hydroxyl groups excluding tert-OH is 1. The molecular formula is C12H19NOS. The van der Waals surface area contributed by atoms with Gasteiger partial charge in [-0.05, 0) is 43.3 Å². The Bertz CT molecular complexity index is 302. The van der Waals surface area contributed by atoms with Crippen LogP contribution in [0.1, 0.15) is 42.2 Å². The summed E-state index contributed by atoms with van der Waals surface area (Å²) in [4.78, 5) is 1.13. The summed E-state index contributed by atoms with van der Waals surface area (Å²) < 4.78 is 0. The lowest BCUT2D eigenvalue weighted by atomic mass is 10.0. The van der Waals surface area contributed by atoms with Crippen molar-refractivity contribution in [2.24, 2.45) is 0 Å². The average Bonchev–Trinajstić information content (AvgIpc) is 2.53. The largest absolute Gasteiger partial charge is 0.386 e. The van der Waals surface area contributed by atoms with E-state index >= 15 is 0 Å². The molecule has 0 spiro atoms. The highest BCUT2D eigenvalue weighted by molar-refractivity contribution is 7.10. The highest BCUT2D eigenvalue weighted by Crippen LogP contribution is 2.29. The van der Waals surface area contributed by atoms with Gasteiger partial charge in [-0.1, -0.05) is 12.8 Å². The van der Waals surface area contributed by atoms with Crippen LogP contribution >= 0.6 is 11.3 Å². The number of thiophene rings is 1. The van der Waals surface area contributed by atoms with Gasteiger partial charge in [0.2, 0.25) is 0 Å². The lowest BCUT2D eigenvalue weighted by Crippen LogP contribution is -2.34. The van der Waals surface area contributed by atoms with Crippen LogP contribution in [-0.2, 0) is 0 Å². The van der Waals surface area contributed by atoms with Gasteiger partial charge >= 0.3 is 0 Å². The number of nitrogens with one attached hydrogen (secondary N) is 1. The van der Waals surface area contributed by atoms with Crippen LogP contribution in [0, 0.1) is 6.92 Å². The van der Waals surface area contributed by atoms with E-state index < -0.39 is 0 Å². The predicted molar refractivity (Wildman–Crippen MR) is 64.3 cm³/mol. The lowest BCUT2D eigenvalue weighted by Gasteiger charge is -2.22. The molecule has 2 atom stereocenters. The van der Waals surface area contributed by atoms with E-state index in [1.165, 1.54) is 24.8 Å². The Balaban J connectivity index is 2.06. The van der Waals surface area contributed by atoms with Crippen molar-refractivity contribution < 1.29 is 5.11 Å². The van der Waals surface area contributed by atoms with Crippen molar-refractivity contribution in [3.8, 4) is 0 Å². The first-order valence-electron chi connectivity index (χ1n) is 5.74. The molecule has 1 saturated heterocycles. The van der Waals surface area contributed by atoms with Crippen LogP contribution in [0.3, 0.4) is 0 Å². The summed E-state index contributed by atoms with van der Waals surface area (Å²) in [6, 6.07) is 2.34. The van der Waals surface area contributed by atoms with Crippen molar-refractivity contribution in [1.29, 1.82) is 0 Å². The Kier molecular flexibility index (Phi) is 3.78. The van der Waals surface area contributed by atoms with E-state index in [9.17, 15) is 5.11 Å². The highest BCUT2D eigenvalue weighted by Gasteiger charge is 2.23. The van der Waals surface area contributed by atoms with Crippen molar-refractivity contribution in [3.05, 3.63) is 21.9 Å². The molecule has 84 valence electrons. The molecule has 1 aliphatic rings. The Morgan fingerprint density at radius 1 is 1.47 bits per heavy atom. The molecule has 0 saturated carbocycles. The number of rotatable bonds is 2. The summed E-state index contributed by atoms with van der Waals surface area (Å²) in [5.41, 5.74) is 1.22. The standard InChI is InChI=1S/C12H19NOS/c1-9-6-8-15-12(9)11(14)10-5-3-2-4-7-13-10/h6,8,10-11,13-14H,2-5,7H2,1H3. The summed E-state index contributed by atoms with van der Waals surface area (Å²) in [5.74, 6) is 0. The normalized spacial score (nSPS) is 24.8. The van der Waals surface area contributed by atoms with Gasteiger partial charge in [0.25, 0.3) is 0 Å². The minimum atomic E-state index is -0.317. The quantitative estimate of drug-likeness (QED) is 0.811. The molecule has 0 amide bonds. The van der Waals surface area contributed by atoms with E-state index in [0.717, 1.165) is 17.8 Å². The number of aryl methyl sites for hydroxylation is 1. The van der Waals surface area contributed by atoms with Crippen molar-refractivity contribution in [1.82, 2.24) is 5.32 Å². The van der Waals surface area contributed by atoms with Crippen LogP contribution in [0.2, 0.25) is 0 Å². The van der Waals surface area contributed by atoms with Crippen LogP contribution in [0.25, 0.3) is 0 Å². The first-order valence-corrected chi connectivity index (χ1v) is 6.62. The second-order valence-corrected chi connectivity index (χ2v) is 5.27. The molecule has 0 aliphatic carbocycles. The summed E-state index contributed by atoms with van der Waals surface area (Å²) in [5, 5.41) is 15.8. The molecule has 2 nitrogen and oxygen atoms in total. The third-order valence-electron chi connectivity index (χ3n) is 3.15. The SMILES string of the molecule is Cc1ccsc1C(O)C1CCCCCN1. The summed E-state index contributed by atoms with van der Waals surface area (Å²) >= 11 is 1.67. The van der Waals surface area contributed by atoms with Crippen molar-refractivity contribution in [2.75, 3.05) is 6.54 Å². The average molecular weight is 225 g/mol. The number of aliphatic hydroxyl groups is 1. The zero-order valence-corrected chi connectivity index (χ0v) is 10.0. The van der Waals surface area contributed by atoms with E-state index in [-0.39, 0.29) is 12.1 Å². The van der Waals surface area contributed by atoms with Gasteiger partial charge in [0, 0.05) is 10.9 Å². The number of hydrogen-bond acceptors (Lipinski definition) is 3. The monoisotopic (exact) mass is 225 g/mol. The van der Waals surface area contributed by atoms with Crippen LogP contribution in [0.5, 0.6) is 0 Å². The van der Waals surface area contributed by atoms with Crippen molar-refractivity contribution in [2.45, 2.75) is 44.8 Å². The van der Waals surface area contributed by atoms with Gasteiger partial charge < -0.3 is 10.4 Å². The molecule has 1 aliphatic heterocycles. The van der Waals surface area contributed by atoms with Gasteiger partial charge in [-0.3, -0.25) is 0 Å². The maximum Gasteiger partial charge on any atom is 0.104 e. The van der Waals surface area contributed by atoms with E-state index in [1.807, 2.05) is 0 Å². The molecule has 15 heavy (non-hydrogen) atoms. The summed E-state index contributed by atoms with van der Waals surface area (Å²) in [7, 11) is 0. The molecule has 0 radical (unpaired) electrons. The van der Waals surface area contributed by atoms with Gasteiger partial charge in [-0.15, -0.1) is 11.3 Å². The summed E-state index contributed by atoms with van der Waals surface area (Å²) in [6.07, 6.45) is 4.55. The van der Waals surface area contributed by atoms with E-state index in [2.05, 4.69) is 23.7 Å². The molecule has 1 fully saturated rings. The minimum absolute atomic E-state index is 0.254. The Hall–Kier alpha value is -0.380. The molecule has 2 rings (SSSR count). The second-order valence-electron chi connectivity index (χ2n) is 4.32. The molecule has 1 aromatic heterocycles. The highest BCUT2D eigenvalue weighted by atomic mass is 32.1. The number of hydrogen-bond donors (Lipinski definition) is 2. The van der Waals surface area contributed by atoms with E-state index in [4.69, 9.17) is 0 Å². The molecule has 0 bridgehead atoms. The van der Waals surface area contributed by atoms with Crippen LogP contribution in [0.15, 0.2) is 11.4 Å². The van der Waals surface area contributed by atoms with Gasteiger partial charge in [-0.25, -0.2) is 0 Å².